The van der Waals surface area contributed by atoms with Crippen LogP contribution in [0.3, 0.4) is 0 Å². The Morgan fingerprint density at radius 3 is 1.78 bits per heavy atom. The molecule has 1 aromatic rings. The van der Waals surface area contributed by atoms with E-state index in [4.69, 9.17) is 0 Å². The average molecular weight is 402 g/mol. The highest BCUT2D eigenvalue weighted by Crippen LogP contribution is 2.13. The van der Waals surface area contributed by atoms with Gasteiger partial charge in [-0.3, -0.25) is 9.52 Å². The topological polar surface area (TPSA) is 118 Å². The maximum atomic E-state index is 11.3. The van der Waals surface area contributed by atoms with Crippen molar-refractivity contribution >= 4 is 15.9 Å². The van der Waals surface area contributed by atoms with Crippen molar-refractivity contribution in [3.63, 3.8) is 0 Å². The van der Waals surface area contributed by atoms with Gasteiger partial charge in [0, 0.05) is 12.8 Å². The Kier molecular flexibility index (Phi) is 12.7. The van der Waals surface area contributed by atoms with Crippen LogP contribution in [-0.2, 0) is 21.2 Å². The predicted molar refractivity (Wildman–Crippen MR) is 106 cm³/mol. The van der Waals surface area contributed by atoms with Crippen LogP contribution in [0.4, 0.5) is 0 Å². The van der Waals surface area contributed by atoms with Crippen molar-refractivity contribution in [1.82, 2.24) is 25.3 Å². The highest BCUT2D eigenvalue weighted by molar-refractivity contribution is 7.89. The molecule has 0 saturated heterocycles. The summed E-state index contributed by atoms with van der Waals surface area (Å²) < 4.78 is 23.8. The second-order valence-corrected chi connectivity index (χ2v) is 8.99. The Bertz CT molecular complexity index is 590. The molecule has 0 aromatic carbocycles. The second kappa shape index (κ2) is 14.5. The zero-order chi connectivity index (χ0) is 19.8. The third kappa shape index (κ3) is 15.3. The first-order chi connectivity index (χ1) is 13.0. The third-order valence-electron chi connectivity index (χ3n) is 4.51. The summed E-state index contributed by atoms with van der Waals surface area (Å²) in [6.45, 7) is 0. The van der Waals surface area contributed by atoms with Gasteiger partial charge in [0.25, 0.3) is 0 Å². The third-order valence-corrected chi connectivity index (χ3v) is 5.10. The molecule has 156 valence electrons. The van der Waals surface area contributed by atoms with Crippen molar-refractivity contribution in [2.45, 2.75) is 96.3 Å². The van der Waals surface area contributed by atoms with Crippen LogP contribution in [0.25, 0.3) is 0 Å². The fourth-order valence-corrected chi connectivity index (χ4v) is 3.58. The minimum absolute atomic E-state index is 0.294. The maximum absolute atomic E-state index is 11.3. The van der Waals surface area contributed by atoms with Gasteiger partial charge in [-0.2, -0.15) is 0 Å². The zero-order valence-corrected chi connectivity index (χ0v) is 17.4. The van der Waals surface area contributed by atoms with Gasteiger partial charge in [-0.15, -0.1) is 5.10 Å². The Hall–Kier alpha value is -1.51. The van der Waals surface area contributed by atoms with Gasteiger partial charge in [0.1, 0.15) is 5.82 Å². The van der Waals surface area contributed by atoms with Crippen LogP contribution < -0.4 is 4.72 Å². The number of amides is 1. The molecule has 0 saturated carbocycles. The molecule has 0 spiro atoms. The number of sulfonamides is 1. The number of H-pyrrole nitrogens is 1. The highest BCUT2D eigenvalue weighted by Gasteiger charge is 2.07. The lowest BCUT2D eigenvalue weighted by atomic mass is 10.0. The van der Waals surface area contributed by atoms with Gasteiger partial charge < -0.3 is 0 Å². The summed E-state index contributed by atoms with van der Waals surface area (Å²) in [5.41, 5.74) is 0. The minimum Gasteiger partial charge on any atom is -0.274 e. The minimum atomic E-state index is -3.41. The number of aryl methyl sites for hydroxylation is 1. The first kappa shape index (κ1) is 23.5. The number of hydrogen-bond acceptors (Lipinski definition) is 6. The molecule has 2 N–H and O–H groups in total. The standard InChI is InChI=1S/C18H35N5O3S/c1-27(25,26)21-18(24)16-14-12-10-8-6-4-2-3-5-7-9-11-13-15-17-19-22-23-20-17/h2-16H2,1H3,(H,21,24)(H,19,20,22,23). The van der Waals surface area contributed by atoms with Crippen LogP contribution >= 0.6 is 0 Å². The van der Waals surface area contributed by atoms with Gasteiger partial charge in [-0.25, -0.2) is 13.5 Å². The van der Waals surface area contributed by atoms with Crippen molar-refractivity contribution in [3.05, 3.63) is 5.82 Å². The number of carbonyl (C=O) groups excluding carboxylic acids is 1. The molecule has 0 aliphatic heterocycles. The Morgan fingerprint density at radius 2 is 1.33 bits per heavy atom. The molecule has 1 rings (SSSR count). The largest absolute Gasteiger partial charge is 0.274 e. The Morgan fingerprint density at radius 1 is 0.852 bits per heavy atom. The van der Waals surface area contributed by atoms with Gasteiger partial charge in [-0.05, 0) is 23.3 Å². The quantitative estimate of drug-likeness (QED) is 0.387. The molecule has 9 heteroatoms. The smallest absolute Gasteiger partial charge is 0.233 e. The lowest BCUT2D eigenvalue weighted by Gasteiger charge is -2.04. The monoisotopic (exact) mass is 401 g/mol. The van der Waals surface area contributed by atoms with Crippen molar-refractivity contribution in [2.24, 2.45) is 0 Å². The van der Waals surface area contributed by atoms with Crippen molar-refractivity contribution in [3.8, 4) is 0 Å². The number of unbranched alkanes of at least 4 members (excludes halogenated alkanes) is 12. The first-order valence-corrected chi connectivity index (χ1v) is 12.1. The predicted octanol–water partition coefficient (Wildman–Crippen LogP) is 3.28. The summed E-state index contributed by atoms with van der Waals surface area (Å²) in [4.78, 5) is 11.3. The molecule has 1 amide bonds. The van der Waals surface area contributed by atoms with Gasteiger partial charge in [0.05, 0.1) is 6.26 Å². The van der Waals surface area contributed by atoms with Crippen LogP contribution in [0.15, 0.2) is 0 Å². The molecule has 0 atom stereocenters. The summed E-state index contributed by atoms with van der Waals surface area (Å²) in [6, 6.07) is 0. The molecular formula is C18H35N5O3S. The zero-order valence-electron chi connectivity index (χ0n) is 16.6. The van der Waals surface area contributed by atoms with Gasteiger partial charge in [-0.1, -0.05) is 70.6 Å². The number of nitrogens with zero attached hydrogens (tertiary/aromatic N) is 3. The fraction of sp³-hybridized carbons (Fsp3) is 0.889. The van der Waals surface area contributed by atoms with E-state index in [1.807, 2.05) is 4.72 Å². The second-order valence-electron chi connectivity index (χ2n) is 7.24. The molecule has 0 aliphatic rings. The van der Waals surface area contributed by atoms with Crippen LogP contribution in [0.5, 0.6) is 0 Å². The van der Waals surface area contributed by atoms with E-state index in [9.17, 15) is 13.2 Å². The molecule has 0 radical (unpaired) electrons. The first-order valence-electron chi connectivity index (χ1n) is 10.2. The molecule has 0 aliphatic carbocycles. The van der Waals surface area contributed by atoms with Crippen LogP contribution in [0.1, 0.15) is 95.7 Å². The number of nitrogens with one attached hydrogen (secondary N) is 2. The number of rotatable bonds is 17. The molecule has 0 unspecified atom stereocenters. The summed E-state index contributed by atoms with van der Waals surface area (Å²) in [5.74, 6) is 0.486. The number of carbonyl (C=O) groups is 1. The number of aromatic amines is 1. The normalized spacial score (nSPS) is 11.6. The van der Waals surface area contributed by atoms with Gasteiger partial charge in [0.15, 0.2) is 0 Å². The van der Waals surface area contributed by atoms with E-state index in [0.29, 0.717) is 6.42 Å². The summed E-state index contributed by atoms with van der Waals surface area (Å²) in [7, 11) is -3.41. The summed E-state index contributed by atoms with van der Waals surface area (Å²) in [5, 5.41) is 13.8. The van der Waals surface area contributed by atoms with E-state index in [0.717, 1.165) is 44.2 Å². The number of hydrogen-bond donors (Lipinski definition) is 2. The van der Waals surface area contributed by atoms with Crippen molar-refractivity contribution < 1.29 is 13.2 Å². The summed E-state index contributed by atoms with van der Waals surface area (Å²) in [6.07, 6.45) is 17.8. The van der Waals surface area contributed by atoms with E-state index in [2.05, 4.69) is 20.6 Å². The van der Waals surface area contributed by atoms with E-state index >= 15 is 0 Å². The lowest BCUT2D eigenvalue weighted by molar-refractivity contribution is -0.119. The maximum Gasteiger partial charge on any atom is 0.233 e. The molecule has 1 heterocycles. The van der Waals surface area contributed by atoms with E-state index in [1.54, 1.807) is 0 Å². The van der Waals surface area contributed by atoms with Crippen LogP contribution in [0, 0.1) is 0 Å². The number of tetrazole rings is 1. The fourth-order valence-electron chi connectivity index (χ4n) is 3.07. The lowest BCUT2D eigenvalue weighted by Crippen LogP contribution is -2.28. The average Bonchev–Trinajstić information content (AvgIpc) is 3.10. The van der Waals surface area contributed by atoms with Gasteiger partial charge in [0.2, 0.25) is 15.9 Å². The van der Waals surface area contributed by atoms with Crippen molar-refractivity contribution in [2.75, 3.05) is 6.26 Å². The molecule has 0 fully saturated rings. The van der Waals surface area contributed by atoms with Gasteiger partial charge >= 0.3 is 0 Å². The van der Waals surface area contributed by atoms with Crippen LogP contribution in [-0.4, -0.2) is 41.2 Å². The van der Waals surface area contributed by atoms with Crippen LogP contribution in [0.2, 0.25) is 0 Å². The Balaban J connectivity index is 1.74. The summed E-state index contributed by atoms with van der Waals surface area (Å²) >= 11 is 0. The molecular weight excluding hydrogens is 366 g/mol. The molecule has 1 aromatic heterocycles. The molecule has 27 heavy (non-hydrogen) atoms. The van der Waals surface area contributed by atoms with E-state index < -0.39 is 15.9 Å². The van der Waals surface area contributed by atoms with E-state index in [-0.39, 0.29) is 0 Å². The molecule has 8 nitrogen and oxygen atoms in total. The Labute approximate surface area is 163 Å². The molecule has 0 bridgehead atoms. The number of aromatic nitrogens is 4. The van der Waals surface area contributed by atoms with Crippen molar-refractivity contribution in [1.29, 1.82) is 0 Å². The highest BCUT2D eigenvalue weighted by atomic mass is 32.2. The SMILES string of the molecule is CS(=O)(=O)NC(=O)CCCCCCCCCCCCCCCc1nnn[nH]1. The van der Waals surface area contributed by atoms with E-state index in [1.165, 1.54) is 57.8 Å².